The molecule has 4 rings (SSSR count). The average molecular weight is 499 g/mol. The molecule has 2 heterocycles. The number of hydrogen-bond acceptors (Lipinski definition) is 8. The van der Waals surface area contributed by atoms with Gasteiger partial charge >= 0.3 is 0 Å². The lowest BCUT2D eigenvalue weighted by molar-refractivity contribution is -0.120. The van der Waals surface area contributed by atoms with Gasteiger partial charge in [0.2, 0.25) is 11.8 Å². The van der Waals surface area contributed by atoms with Crippen LogP contribution in [0.25, 0.3) is 11.3 Å². The summed E-state index contributed by atoms with van der Waals surface area (Å²) in [4.78, 5) is 30.1. The lowest BCUT2D eigenvalue weighted by Crippen LogP contribution is -2.36. The second-order valence-electron chi connectivity index (χ2n) is 8.77. The molecule has 1 aromatic carbocycles. The van der Waals surface area contributed by atoms with E-state index in [1.165, 1.54) is 24.7 Å². The summed E-state index contributed by atoms with van der Waals surface area (Å²) in [6, 6.07) is 4.48. The molecule has 0 saturated heterocycles. The molecule has 1 fully saturated rings. The number of nitrogens with zero attached hydrogens (tertiary/aromatic N) is 4. The summed E-state index contributed by atoms with van der Waals surface area (Å²) >= 11 is -1.26. The first kappa shape index (κ1) is 24.8. The zero-order chi connectivity index (χ0) is 25.2. The molecular formula is C24H27FN6O3S. The maximum absolute atomic E-state index is 15.0. The molecule has 0 aliphatic heterocycles. The van der Waals surface area contributed by atoms with Crippen LogP contribution in [0, 0.1) is 12.7 Å². The highest BCUT2D eigenvalue weighted by molar-refractivity contribution is 7.93. The number of carbonyl (C=O) groups excluding carboxylic acids is 1. The first-order valence-electron chi connectivity index (χ1n) is 11.3. The van der Waals surface area contributed by atoms with E-state index in [0.717, 1.165) is 12.8 Å². The number of benzene rings is 1. The highest BCUT2D eigenvalue weighted by Crippen LogP contribution is 2.31. The molecule has 9 nitrogen and oxygen atoms in total. The van der Waals surface area contributed by atoms with Gasteiger partial charge in [-0.2, -0.15) is 4.72 Å². The lowest BCUT2D eigenvalue weighted by Gasteiger charge is -2.24. The van der Waals surface area contributed by atoms with Gasteiger partial charge in [0.25, 0.3) is 5.95 Å². The minimum atomic E-state index is -1.26. The molecule has 1 aliphatic rings. The number of aryl methyl sites for hydroxylation is 1. The first-order chi connectivity index (χ1) is 16.7. The zero-order valence-electron chi connectivity index (χ0n) is 20.0. The van der Waals surface area contributed by atoms with Gasteiger partial charge in [0.05, 0.1) is 52.9 Å². The predicted molar refractivity (Wildman–Crippen MR) is 132 cm³/mol. The van der Waals surface area contributed by atoms with Crippen molar-refractivity contribution in [3.05, 3.63) is 53.9 Å². The van der Waals surface area contributed by atoms with Crippen molar-refractivity contribution >= 4 is 28.9 Å². The van der Waals surface area contributed by atoms with Crippen LogP contribution in [0.4, 0.5) is 16.0 Å². The Kier molecular flexibility index (Phi) is 7.18. The largest absolute Gasteiger partial charge is 0.593 e. The van der Waals surface area contributed by atoms with Crippen molar-refractivity contribution in [1.82, 2.24) is 19.9 Å². The highest BCUT2D eigenvalue weighted by atomic mass is 32.2. The van der Waals surface area contributed by atoms with E-state index in [-0.39, 0.29) is 16.9 Å². The van der Waals surface area contributed by atoms with Gasteiger partial charge in [-0.05, 0) is 51.5 Å². The van der Waals surface area contributed by atoms with E-state index in [4.69, 9.17) is 4.74 Å². The van der Waals surface area contributed by atoms with Crippen LogP contribution in [0.1, 0.15) is 44.9 Å². The molecule has 2 N–H and O–H groups in total. The first-order valence-corrected chi connectivity index (χ1v) is 12.5. The van der Waals surface area contributed by atoms with E-state index in [1.54, 1.807) is 32.9 Å². The van der Waals surface area contributed by atoms with Crippen LogP contribution in [0.15, 0.2) is 36.8 Å². The Labute approximate surface area is 206 Å². The minimum Gasteiger partial charge on any atom is -0.593 e. The van der Waals surface area contributed by atoms with Gasteiger partial charge in [-0.3, -0.25) is 9.78 Å². The third-order valence-corrected chi connectivity index (χ3v) is 7.09. The fourth-order valence-corrected chi connectivity index (χ4v) is 4.36. The molecule has 1 unspecified atom stereocenters. The molecule has 1 atom stereocenters. The van der Waals surface area contributed by atoms with Crippen LogP contribution in [-0.4, -0.2) is 42.3 Å². The van der Waals surface area contributed by atoms with E-state index < -0.39 is 28.5 Å². The van der Waals surface area contributed by atoms with Crippen LogP contribution in [-0.2, 0) is 21.6 Å². The Balaban J connectivity index is 1.53. The summed E-state index contributed by atoms with van der Waals surface area (Å²) in [5.41, 5.74) is 1.06. The maximum Gasteiger partial charge on any atom is 0.265 e. The third-order valence-electron chi connectivity index (χ3n) is 5.63. The molecule has 3 aromatic rings. The highest BCUT2D eigenvalue weighted by Gasteiger charge is 2.36. The molecule has 0 bridgehead atoms. The van der Waals surface area contributed by atoms with Gasteiger partial charge in [-0.25, -0.2) is 19.3 Å². The second-order valence-corrected chi connectivity index (χ2v) is 10.2. The van der Waals surface area contributed by atoms with E-state index >= 15 is 4.39 Å². The van der Waals surface area contributed by atoms with Crippen LogP contribution in [0.3, 0.4) is 0 Å². The number of ether oxygens (including phenoxy) is 1. The number of anilines is 2. The van der Waals surface area contributed by atoms with Crippen molar-refractivity contribution in [1.29, 1.82) is 0 Å². The van der Waals surface area contributed by atoms with Gasteiger partial charge in [0, 0.05) is 24.6 Å². The standard InChI is InChI=1S/C24H27FN6O3S/c1-5-34-21-13-26-12-19(28-21)16-11-17(25)18(10-14(16)2)29-22(32)24(3,4)20-8-9-27-23(30-20)31-35(33)15-6-7-15/h8-13,15H,5-7H2,1-4H3,(H,29,32)(H,27,30,31). The summed E-state index contributed by atoms with van der Waals surface area (Å²) in [6.07, 6.45) is 6.33. The number of hydrogen-bond donors (Lipinski definition) is 2. The monoisotopic (exact) mass is 498 g/mol. The number of aromatic nitrogens is 4. The molecule has 1 saturated carbocycles. The fraction of sp³-hybridized carbons (Fsp3) is 0.375. The van der Waals surface area contributed by atoms with Gasteiger partial charge in [-0.1, -0.05) is 0 Å². The number of halogens is 1. The average Bonchev–Trinajstić information content (AvgIpc) is 3.67. The van der Waals surface area contributed by atoms with Gasteiger partial charge in [0.15, 0.2) is 0 Å². The van der Waals surface area contributed by atoms with Gasteiger partial charge in [0.1, 0.15) is 11.1 Å². The second kappa shape index (κ2) is 10.1. The molecule has 0 spiro atoms. The smallest absolute Gasteiger partial charge is 0.265 e. The van der Waals surface area contributed by atoms with Crippen molar-refractivity contribution in [3.8, 4) is 17.1 Å². The topological polar surface area (TPSA) is 125 Å². The Morgan fingerprint density at radius 1 is 1.29 bits per heavy atom. The van der Waals surface area contributed by atoms with Crippen molar-refractivity contribution < 1.29 is 18.5 Å². The Morgan fingerprint density at radius 3 is 2.77 bits per heavy atom. The maximum atomic E-state index is 15.0. The summed E-state index contributed by atoms with van der Waals surface area (Å²) in [7, 11) is 0. The summed E-state index contributed by atoms with van der Waals surface area (Å²) < 4.78 is 35.4. The van der Waals surface area contributed by atoms with Gasteiger partial charge < -0.3 is 14.6 Å². The zero-order valence-corrected chi connectivity index (χ0v) is 20.8. The van der Waals surface area contributed by atoms with Crippen molar-refractivity contribution in [3.63, 3.8) is 0 Å². The Morgan fingerprint density at radius 2 is 2.06 bits per heavy atom. The molecule has 1 amide bonds. The minimum absolute atomic E-state index is 0.0421. The van der Waals surface area contributed by atoms with E-state index in [1.807, 2.05) is 6.92 Å². The van der Waals surface area contributed by atoms with Crippen LogP contribution >= 0.6 is 0 Å². The fourth-order valence-electron chi connectivity index (χ4n) is 3.35. The number of carbonyl (C=O) groups is 1. The number of rotatable bonds is 9. The summed E-state index contributed by atoms with van der Waals surface area (Å²) in [5, 5.41) is 2.78. The van der Waals surface area contributed by atoms with Crippen LogP contribution in [0.5, 0.6) is 5.88 Å². The SMILES string of the molecule is CCOc1cncc(-c2cc(F)c(NC(=O)C(C)(C)c3ccnc(N[S+]([O-])C4CC4)n3)cc2C)n1. The quantitative estimate of drug-likeness (QED) is 0.425. The molecule has 0 radical (unpaired) electrons. The molecule has 2 aromatic heterocycles. The van der Waals surface area contributed by atoms with Crippen molar-refractivity contribution in [2.45, 2.75) is 51.2 Å². The Bertz CT molecular complexity index is 1240. The molecular weight excluding hydrogens is 471 g/mol. The Hall–Kier alpha value is -3.31. The predicted octanol–water partition coefficient (Wildman–Crippen LogP) is 3.93. The number of amides is 1. The third kappa shape index (κ3) is 5.68. The van der Waals surface area contributed by atoms with E-state index in [2.05, 4.69) is 30.0 Å². The van der Waals surface area contributed by atoms with Crippen LogP contribution in [0.2, 0.25) is 0 Å². The van der Waals surface area contributed by atoms with Crippen molar-refractivity contribution in [2.75, 3.05) is 16.6 Å². The van der Waals surface area contributed by atoms with Gasteiger partial charge in [-0.15, -0.1) is 0 Å². The van der Waals surface area contributed by atoms with Crippen molar-refractivity contribution in [2.24, 2.45) is 0 Å². The lowest BCUT2D eigenvalue weighted by atomic mass is 9.87. The molecule has 184 valence electrons. The molecule has 1 aliphatic carbocycles. The molecule has 35 heavy (non-hydrogen) atoms. The summed E-state index contributed by atoms with van der Waals surface area (Å²) in [5.74, 6) is -0.517. The number of nitrogens with one attached hydrogen (secondary N) is 2. The van der Waals surface area contributed by atoms with Crippen LogP contribution < -0.4 is 14.8 Å². The van der Waals surface area contributed by atoms with E-state index in [0.29, 0.717) is 35.0 Å². The normalized spacial score (nSPS) is 14.3. The summed E-state index contributed by atoms with van der Waals surface area (Å²) in [6.45, 7) is 7.44. The van der Waals surface area contributed by atoms with E-state index in [9.17, 15) is 9.35 Å². The molecule has 11 heteroatoms.